The van der Waals surface area contributed by atoms with Gasteiger partial charge in [0.05, 0.1) is 16.3 Å². The van der Waals surface area contributed by atoms with E-state index in [1.165, 1.54) is 42.7 Å². The second-order valence-electron chi connectivity index (χ2n) is 8.10. The Bertz CT molecular complexity index is 1210. The number of amides is 1. The lowest BCUT2D eigenvalue weighted by atomic mass is 10.2. The quantitative estimate of drug-likeness (QED) is 0.493. The van der Waals surface area contributed by atoms with Crippen molar-refractivity contribution in [3.63, 3.8) is 0 Å². The third kappa shape index (κ3) is 6.13. The number of piperazine rings is 1. The molecule has 0 atom stereocenters. The SMILES string of the molecule is CN1CCN(S(=O)(=O)c2cccc(C(=O)NCCOc3ccc(S(=O)(=O)N(C)C)cc3)c2)CC1. The van der Waals surface area contributed by atoms with Gasteiger partial charge in [-0.2, -0.15) is 4.31 Å². The third-order valence-electron chi connectivity index (χ3n) is 5.45. The molecule has 1 aliphatic heterocycles. The summed E-state index contributed by atoms with van der Waals surface area (Å²) in [5, 5.41) is 2.70. The van der Waals surface area contributed by atoms with E-state index in [2.05, 4.69) is 10.2 Å². The molecule has 0 aliphatic carbocycles. The van der Waals surface area contributed by atoms with Gasteiger partial charge in [0.2, 0.25) is 20.0 Å². The largest absolute Gasteiger partial charge is 0.492 e. The van der Waals surface area contributed by atoms with Crippen LogP contribution in [0, 0.1) is 0 Å². The van der Waals surface area contributed by atoms with Gasteiger partial charge in [-0.15, -0.1) is 0 Å². The van der Waals surface area contributed by atoms with Crippen molar-refractivity contribution in [1.29, 1.82) is 0 Å². The van der Waals surface area contributed by atoms with E-state index in [4.69, 9.17) is 4.74 Å². The highest BCUT2D eigenvalue weighted by Gasteiger charge is 2.28. The fraction of sp³-hybridized carbons (Fsp3) is 0.409. The number of carbonyl (C=O) groups excluding carboxylic acids is 1. The van der Waals surface area contributed by atoms with E-state index in [0.29, 0.717) is 31.9 Å². The molecule has 1 amide bonds. The van der Waals surface area contributed by atoms with Crippen LogP contribution >= 0.6 is 0 Å². The van der Waals surface area contributed by atoms with Crippen LogP contribution in [0.15, 0.2) is 58.3 Å². The molecular formula is C22H30N4O6S2. The van der Waals surface area contributed by atoms with Crippen molar-refractivity contribution in [2.24, 2.45) is 0 Å². The summed E-state index contributed by atoms with van der Waals surface area (Å²) in [5.74, 6) is 0.0543. The average Bonchev–Trinajstić information content (AvgIpc) is 2.82. The van der Waals surface area contributed by atoms with Crippen molar-refractivity contribution in [2.75, 3.05) is 60.5 Å². The second-order valence-corrected chi connectivity index (χ2v) is 12.2. The van der Waals surface area contributed by atoms with Crippen LogP contribution in [0.3, 0.4) is 0 Å². The monoisotopic (exact) mass is 510 g/mol. The molecule has 186 valence electrons. The third-order valence-corrected chi connectivity index (χ3v) is 9.18. The minimum absolute atomic E-state index is 0.0914. The van der Waals surface area contributed by atoms with Gasteiger partial charge >= 0.3 is 0 Å². The first kappa shape index (κ1) is 26.1. The summed E-state index contributed by atoms with van der Waals surface area (Å²) < 4.78 is 58.2. The molecule has 0 spiro atoms. The number of hydrogen-bond donors (Lipinski definition) is 1. The maximum atomic E-state index is 12.9. The van der Waals surface area contributed by atoms with Crippen molar-refractivity contribution < 1.29 is 26.4 Å². The predicted octanol–water partition coefficient (Wildman–Crippen LogP) is 0.682. The van der Waals surface area contributed by atoms with E-state index >= 15 is 0 Å². The molecular weight excluding hydrogens is 480 g/mol. The summed E-state index contributed by atoms with van der Waals surface area (Å²) in [6, 6.07) is 12.0. The molecule has 0 radical (unpaired) electrons. The summed E-state index contributed by atoms with van der Waals surface area (Å²) in [7, 11) is -2.31. The standard InChI is InChI=1S/C22H30N4O6S2/c1-24(2)33(28,29)20-9-7-19(8-10-20)32-16-11-23-22(27)18-5-4-6-21(17-18)34(30,31)26-14-12-25(3)13-15-26/h4-10,17H,11-16H2,1-3H3,(H,23,27). The lowest BCUT2D eigenvalue weighted by Gasteiger charge is -2.31. The normalized spacial score (nSPS) is 15.9. The summed E-state index contributed by atoms with van der Waals surface area (Å²) >= 11 is 0. The number of nitrogens with one attached hydrogen (secondary N) is 1. The molecule has 1 saturated heterocycles. The van der Waals surface area contributed by atoms with Crippen LogP contribution in [0.25, 0.3) is 0 Å². The first-order valence-electron chi connectivity index (χ1n) is 10.7. The number of likely N-dealkylation sites (N-methyl/N-ethyl adjacent to an activating group) is 1. The zero-order valence-corrected chi connectivity index (χ0v) is 21.1. The Morgan fingerprint density at radius 1 is 0.971 bits per heavy atom. The Morgan fingerprint density at radius 3 is 2.24 bits per heavy atom. The molecule has 2 aromatic carbocycles. The molecule has 0 aromatic heterocycles. The van der Waals surface area contributed by atoms with E-state index < -0.39 is 26.0 Å². The number of ether oxygens (including phenoxy) is 1. The van der Waals surface area contributed by atoms with Gasteiger partial charge in [0, 0.05) is 45.8 Å². The fourth-order valence-electron chi connectivity index (χ4n) is 3.33. The highest BCUT2D eigenvalue weighted by Crippen LogP contribution is 2.19. The van der Waals surface area contributed by atoms with Gasteiger partial charge in [0.15, 0.2) is 0 Å². The summed E-state index contributed by atoms with van der Waals surface area (Å²) in [4.78, 5) is 14.8. The Labute approximate surface area is 201 Å². The maximum absolute atomic E-state index is 12.9. The molecule has 2 aromatic rings. The van der Waals surface area contributed by atoms with Crippen molar-refractivity contribution in [3.8, 4) is 5.75 Å². The number of hydrogen-bond acceptors (Lipinski definition) is 7. The number of rotatable bonds is 9. The number of benzene rings is 2. The van der Waals surface area contributed by atoms with Crippen LogP contribution < -0.4 is 10.1 Å². The van der Waals surface area contributed by atoms with E-state index in [1.807, 2.05) is 7.05 Å². The van der Waals surface area contributed by atoms with Crippen LogP contribution in [0.1, 0.15) is 10.4 Å². The van der Waals surface area contributed by atoms with Gasteiger partial charge in [-0.25, -0.2) is 21.1 Å². The lowest BCUT2D eigenvalue weighted by molar-refractivity contribution is 0.0946. The van der Waals surface area contributed by atoms with Gasteiger partial charge < -0.3 is 15.0 Å². The van der Waals surface area contributed by atoms with Crippen LogP contribution in [0.4, 0.5) is 0 Å². The molecule has 34 heavy (non-hydrogen) atoms. The predicted molar refractivity (Wildman–Crippen MR) is 128 cm³/mol. The van der Waals surface area contributed by atoms with Gasteiger partial charge in [0.1, 0.15) is 12.4 Å². The number of carbonyl (C=O) groups is 1. The molecule has 3 rings (SSSR count). The van der Waals surface area contributed by atoms with E-state index in [0.717, 1.165) is 4.31 Å². The van der Waals surface area contributed by atoms with Crippen LogP contribution in [-0.2, 0) is 20.0 Å². The van der Waals surface area contributed by atoms with Crippen molar-refractivity contribution in [2.45, 2.75) is 9.79 Å². The summed E-state index contributed by atoms with van der Waals surface area (Å²) in [6.45, 7) is 2.49. The van der Waals surface area contributed by atoms with Gasteiger partial charge in [-0.1, -0.05) is 6.07 Å². The van der Waals surface area contributed by atoms with E-state index in [1.54, 1.807) is 24.3 Å². The zero-order chi connectivity index (χ0) is 24.9. The molecule has 1 N–H and O–H groups in total. The van der Waals surface area contributed by atoms with Crippen molar-refractivity contribution >= 4 is 26.0 Å². The minimum Gasteiger partial charge on any atom is -0.492 e. The van der Waals surface area contributed by atoms with Crippen molar-refractivity contribution in [3.05, 3.63) is 54.1 Å². The lowest BCUT2D eigenvalue weighted by Crippen LogP contribution is -2.47. The molecule has 0 bridgehead atoms. The van der Waals surface area contributed by atoms with E-state index in [9.17, 15) is 21.6 Å². The second kappa shape index (κ2) is 10.8. The van der Waals surface area contributed by atoms with Gasteiger partial charge in [-0.3, -0.25) is 4.79 Å². The zero-order valence-electron chi connectivity index (χ0n) is 19.5. The molecule has 12 heteroatoms. The number of sulfonamides is 2. The first-order valence-corrected chi connectivity index (χ1v) is 13.6. The summed E-state index contributed by atoms with van der Waals surface area (Å²) in [6.07, 6.45) is 0. The first-order chi connectivity index (χ1) is 16.0. The van der Waals surface area contributed by atoms with Gasteiger partial charge in [0.25, 0.3) is 5.91 Å². The summed E-state index contributed by atoms with van der Waals surface area (Å²) in [5.41, 5.74) is 0.244. The Hall–Kier alpha value is -2.51. The van der Waals surface area contributed by atoms with Gasteiger partial charge in [-0.05, 0) is 49.5 Å². The van der Waals surface area contributed by atoms with Crippen LogP contribution in [0.2, 0.25) is 0 Å². The van der Waals surface area contributed by atoms with E-state index in [-0.39, 0.29) is 28.5 Å². The molecule has 0 unspecified atom stereocenters. The molecule has 10 nitrogen and oxygen atoms in total. The molecule has 1 fully saturated rings. The topological polar surface area (TPSA) is 116 Å². The molecule has 1 heterocycles. The fourth-order valence-corrected chi connectivity index (χ4v) is 5.70. The smallest absolute Gasteiger partial charge is 0.251 e. The highest BCUT2D eigenvalue weighted by atomic mass is 32.2. The Balaban J connectivity index is 1.54. The molecule has 1 aliphatic rings. The Kier molecular flexibility index (Phi) is 8.31. The van der Waals surface area contributed by atoms with Crippen LogP contribution in [0.5, 0.6) is 5.75 Å². The molecule has 0 saturated carbocycles. The van der Waals surface area contributed by atoms with Crippen LogP contribution in [-0.4, -0.2) is 96.7 Å². The Morgan fingerprint density at radius 2 is 1.62 bits per heavy atom. The minimum atomic E-state index is -3.67. The highest BCUT2D eigenvalue weighted by molar-refractivity contribution is 7.89. The maximum Gasteiger partial charge on any atom is 0.251 e. The number of nitrogens with zero attached hydrogens (tertiary/aromatic N) is 3. The van der Waals surface area contributed by atoms with Crippen molar-refractivity contribution in [1.82, 2.24) is 18.8 Å². The average molecular weight is 511 g/mol.